The lowest BCUT2D eigenvalue weighted by Crippen LogP contribution is -2.34. The van der Waals surface area contributed by atoms with Gasteiger partial charge in [0, 0.05) is 55.3 Å². The number of fused-ring (bicyclic) bond motifs is 1. The first-order valence-corrected chi connectivity index (χ1v) is 10.5. The van der Waals surface area contributed by atoms with Gasteiger partial charge in [-0.15, -0.1) is 0 Å². The van der Waals surface area contributed by atoms with Crippen molar-refractivity contribution in [3.63, 3.8) is 0 Å². The highest BCUT2D eigenvalue weighted by Crippen LogP contribution is 2.48. The van der Waals surface area contributed by atoms with Crippen LogP contribution in [0.4, 0.5) is 10.3 Å². The molecule has 2 unspecified atom stereocenters. The number of aryl methyl sites for hydroxylation is 2. The standard InChI is InChI=1S/C23H24FN5O/c1-13-6-14(2)27-23(26-13)29-11-16-9-28(10-17(16)12-29)22(30)21-18(4-3-5-20(21)24)19-7-15(19)8-25/h3-6,15-17,19H,7,9-12H2,1-2H3/t15?,16-,17+,19?. The van der Waals surface area contributed by atoms with E-state index in [2.05, 4.69) is 20.9 Å². The number of nitriles is 1. The summed E-state index contributed by atoms with van der Waals surface area (Å²) in [6, 6.07) is 8.98. The molecular formula is C23H24FN5O. The lowest BCUT2D eigenvalue weighted by Gasteiger charge is -2.23. The lowest BCUT2D eigenvalue weighted by molar-refractivity contribution is 0.0776. The molecule has 7 heteroatoms. The Bertz CT molecular complexity index is 1030. The molecule has 154 valence electrons. The Balaban J connectivity index is 1.32. The van der Waals surface area contributed by atoms with Crippen LogP contribution >= 0.6 is 0 Å². The molecule has 1 aromatic heterocycles. The topological polar surface area (TPSA) is 73.1 Å². The molecule has 3 heterocycles. The van der Waals surface area contributed by atoms with Crippen molar-refractivity contribution in [2.75, 3.05) is 31.1 Å². The molecule has 2 aromatic rings. The van der Waals surface area contributed by atoms with E-state index in [9.17, 15) is 9.18 Å². The second kappa shape index (κ2) is 7.05. The van der Waals surface area contributed by atoms with Crippen molar-refractivity contribution >= 4 is 11.9 Å². The molecule has 1 saturated carbocycles. The molecule has 6 nitrogen and oxygen atoms in total. The van der Waals surface area contributed by atoms with Gasteiger partial charge in [-0.1, -0.05) is 12.1 Å². The molecule has 1 aliphatic carbocycles. The second-order valence-electron chi connectivity index (χ2n) is 8.87. The molecule has 1 amide bonds. The van der Waals surface area contributed by atoms with Crippen molar-refractivity contribution < 1.29 is 9.18 Å². The summed E-state index contributed by atoms with van der Waals surface area (Å²) < 4.78 is 14.7. The van der Waals surface area contributed by atoms with Gasteiger partial charge in [-0.2, -0.15) is 5.26 Å². The highest BCUT2D eigenvalue weighted by molar-refractivity contribution is 5.96. The minimum Gasteiger partial charge on any atom is -0.340 e. The van der Waals surface area contributed by atoms with Gasteiger partial charge in [0.1, 0.15) is 5.82 Å². The van der Waals surface area contributed by atoms with Gasteiger partial charge in [-0.3, -0.25) is 4.79 Å². The second-order valence-corrected chi connectivity index (χ2v) is 8.87. The molecule has 0 spiro atoms. The van der Waals surface area contributed by atoms with Crippen LogP contribution in [0.25, 0.3) is 0 Å². The Morgan fingerprint density at radius 3 is 2.40 bits per heavy atom. The molecule has 5 rings (SSSR count). The number of amides is 1. The average Bonchev–Trinajstić information content (AvgIpc) is 3.22. The molecule has 2 saturated heterocycles. The quantitative estimate of drug-likeness (QED) is 0.785. The van der Waals surface area contributed by atoms with Crippen molar-refractivity contribution in [1.82, 2.24) is 14.9 Å². The van der Waals surface area contributed by atoms with E-state index in [1.54, 1.807) is 17.0 Å². The SMILES string of the molecule is Cc1cc(C)nc(N2C[C@H]3CN(C(=O)c4c(F)cccc4C4CC4C#N)C[C@H]3C2)n1. The van der Waals surface area contributed by atoms with Crippen LogP contribution < -0.4 is 4.90 Å². The zero-order chi connectivity index (χ0) is 21.0. The number of hydrogen-bond donors (Lipinski definition) is 0. The fourth-order valence-corrected chi connectivity index (χ4v) is 5.09. The molecule has 30 heavy (non-hydrogen) atoms. The lowest BCUT2D eigenvalue weighted by atomic mass is 10.0. The third kappa shape index (κ3) is 3.20. The predicted molar refractivity (Wildman–Crippen MR) is 109 cm³/mol. The van der Waals surface area contributed by atoms with E-state index in [1.165, 1.54) is 6.07 Å². The smallest absolute Gasteiger partial charge is 0.257 e. The molecule has 0 N–H and O–H groups in total. The summed E-state index contributed by atoms with van der Waals surface area (Å²) in [7, 11) is 0. The van der Waals surface area contributed by atoms with Gasteiger partial charge in [-0.25, -0.2) is 14.4 Å². The zero-order valence-corrected chi connectivity index (χ0v) is 17.2. The average molecular weight is 405 g/mol. The predicted octanol–water partition coefficient (Wildman–Crippen LogP) is 3.07. The van der Waals surface area contributed by atoms with Crippen molar-refractivity contribution in [1.29, 1.82) is 5.26 Å². The largest absolute Gasteiger partial charge is 0.340 e. The monoisotopic (exact) mass is 405 g/mol. The molecule has 4 atom stereocenters. The van der Waals surface area contributed by atoms with Crippen molar-refractivity contribution in [3.05, 3.63) is 52.6 Å². The number of nitrogens with zero attached hydrogens (tertiary/aromatic N) is 5. The molecule has 3 fully saturated rings. The molecular weight excluding hydrogens is 381 g/mol. The third-order valence-corrected chi connectivity index (χ3v) is 6.64. The number of rotatable bonds is 3. The van der Waals surface area contributed by atoms with Crippen LogP contribution in [-0.4, -0.2) is 47.0 Å². The Morgan fingerprint density at radius 1 is 1.13 bits per heavy atom. The molecule has 0 bridgehead atoms. The van der Waals surface area contributed by atoms with Crippen LogP contribution in [0.2, 0.25) is 0 Å². The number of carbonyl (C=O) groups is 1. The minimum absolute atomic E-state index is 0.0241. The van der Waals surface area contributed by atoms with Crippen LogP contribution in [0.3, 0.4) is 0 Å². The molecule has 0 radical (unpaired) electrons. The van der Waals surface area contributed by atoms with Crippen LogP contribution in [0.15, 0.2) is 24.3 Å². The summed E-state index contributed by atoms with van der Waals surface area (Å²) in [5.74, 6) is 0.570. The van der Waals surface area contributed by atoms with Crippen LogP contribution in [0.5, 0.6) is 0 Å². The number of carbonyl (C=O) groups excluding carboxylic acids is 1. The summed E-state index contributed by atoms with van der Waals surface area (Å²) in [5.41, 5.74) is 2.76. The van der Waals surface area contributed by atoms with Gasteiger partial charge in [0.25, 0.3) is 5.91 Å². The van der Waals surface area contributed by atoms with Crippen molar-refractivity contribution in [3.8, 4) is 6.07 Å². The van der Waals surface area contributed by atoms with E-state index in [0.29, 0.717) is 36.9 Å². The van der Waals surface area contributed by atoms with Gasteiger partial charge >= 0.3 is 0 Å². The van der Waals surface area contributed by atoms with Crippen LogP contribution in [0, 0.1) is 48.7 Å². The van der Waals surface area contributed by atoms with Crippen LogP contribution in [0.1, 0.15) is 39.6 Å². The van der Waals surface area contributed by atoms with E-state index >= 15 is 0 Å². The summed E-state index contributed by atoms with van der Waals surface area (Å²) >= 11 is 0. The fourth-order valence-electron chi connectivity index (χ4n) is 5.09. The molecule has 1 aromatic carbocycles. The first-order chi connectivity index (χ1) is 14.4. The fraction of sp³-hybridized carbons (Fsp3) is 0.478. The van der Waals surface area contributed by atoms with Gasteiger partial charge in [0.05, 0.1) is 17.6 Å². The number of benzene rings is 1. The van der Waals surface area contributed by atoms with E-state index < -0.39 is 5.82 Å². The van der Waals surface area contributed by atoms with E-state index in [4.69, 9.17) is 5.26 Å². The number of hydrogen-bond acceptors (Lipinski definition) is 5. The minimum atomic E-state index is -0.483. The first kappa shape index (κ1) is 19.0. The maximum Gasteiger partial charge on any atom is 0.257 e. The van der Waals surface area contributed by atoms with Gasteiger partial charge in [-0.05, 0) is 38.0 Å². The summed E-state index contributed by atoms with van der Waals surface area (Å²) in [4.78, 5) is 26.4. The number of anilines is 1. The van der Waals surface area contributed by atoms with E-state index in [1.807, 2.05) is 19.9 Å². The van der Waals surface area contributed by atoms with E-state index in [-0.39, 0.29) is 23.3 Å². The zero-order valence-electron chi connectivity index (χ0n) is 17.2. The van der Waals surface area contributed by atoms with Gasteiger partial charge in [0.15, 0.2) is 0 Å². The van der Waals surface area contributed by atoms with Crippen molar-refractivity contribution in [2.45, 2.75) is 26.2 Å². The third-order valence-electron chi connectivity index (χ3n) is 6.64. The first-order valence-electron chi connectivity index (χ1n) is 10.5. The number of aromatic nitrogens is 2. The molecule has 3 aliphatic rings. The maximum atomic E-state index is 14.7. The highest BCUT2D eigenvalue weighted by atomic mass is 19.1. The maximum absolute atomic E-state index is 14.7. The number of halogens is 1. The number of likely N-dealkylation sites (tertiary alicyclic amines) is 1. The van der Waals surface area contributed by atoms with E-state index in [0.717, 1.165) is 30.4 Å². The summed E-state index contributed by atoms with van der Waals surface area (Å²) in [6.45, 7) is 6.79. The Hall–Kier alpha value is -3.01. The Kier molecular flexibility index (Phi) is 4.46. The van der Waals surface area contributed by atoms with Crippen LogP contribution in [-0.2, 0) is 0 Å². The van der Waals surface area contributed by atoms with Crippen molar-refractivity contribution in [2.24, 2.45) is 17.8 Å². The molecule has 2 aliphatic heterocycles. The summed E-state index contributed by atoms with van der Waals surface area (Å²) in [6.07, 6.45) is 0.705. The van der Waals surface area contributed by atoms with Gasteiger partial charge < -0.3 is 9.80 Å². The van der Waals surface area contributed by atoms with Gasteiger partial charge in [0.2, 0.25) is 5.95 Å². The normalized spacial score (nSPS) is 27.1. The highest BCUT2D eigenvalue weighted by Gasteiger charge is 2.45. The summed E-state index contributed by atoms with van der Waals surface area (Å²) in [5, 5.41) is 9.16. The Labute approximate surface area is 175 Å². The Morgan fingerprint density at radius 2 is 1.80 bits per heavy atom.